The van der Waals surface area contributed by atoms with Crippen LogP contribution in [0.1, 0.15) is 20.1 Å². The molecule has 2 heteroatoms. The van der Waals surface area contributed by atoms with Gasteiger partial charge < -0.3 is 0 Å². The van der Waals surface area contributed by atoms with Crippen molar-refractivity contribution in [2.24, 2.45) is 0 Å². The Kier molecular flexibility index (Phi) is 4.31. The maximum absolute atomic E-state index is 12.0. The van der Waals surface area contributed by atoms with Crippen LogP contribution in [0.5, 0.6) is 0 Å². The molecule has 0 saturated carbocycles. The Morgan fingerprint density at radius 1 is 0.864 bits per heavy atom. The van der Waals surface area contributed by atoms with E-state index >= 15 is 0 Å². The van der Waals surface area contributed by atoms with E-state index in [1.807, 2.05) is 55.5 Å². The molecule has 0 amide bonds. The molecule has 1 heterocycles. The van der Waals surface area contributed by atoms with E-state index in [9.17, 15) is 4.79 Å². The summed E-state index contributed by atoms with van der Waals surface area (Å²) in [6.07, 6.45) is 3.51. The quantitative estimate of drug-likeness (QED) is 0.451. The van der Waals surface area contributed by atoms with Gasteiger partial charge in [0, 0.05) is 4.88 Å². The number of carbonyl (C=O) groups excluding carboxylic acids is 1. The smallest absolute Gasteiger partial charge is 0.195 e. The van der Waals surface area contributed by atoms with Crippen molar-refractivity contribution < 1.29 is 4.79 Å². The highest BCUT2D eigenvalue weighted by Gasteiger charge is 2.04. The van der Waals surface area contributed by atoms with Gasteiger partial charge in [-0.15, -0.1) is 11.3 Å². The molecule has 0 atom stereocenters. The van der Waals surface area contributed by atoms with Gasteiger partial charge in [0.2, 0.25) is 0 Å². The Morgan fingerprint density at radius 3 is 2.18 bits per heavy atom. The molecule has 1 aromatic heterocycles. The van der Waals surface area contributed by atoms with Gasteiger partial charge in [-0.3, -0.25) is 4.79 Å². The summed E-state index contributed by atoms with van der Waals surface area (Å²) < 4.78 is 0. The Hall–Kier alpha value is -2.45. The summed E-state index contributed by atoms with van der Waals surface area (Å²) in [6, 6.07) is 22.3. The van der Waals surface area contributed by atoms with Crippen LogP contribution in [0.4, 0.5) is 0 Å². The molecular weight excluding hydrogens is 288 g/mol. The molecule has 0 saturated heterocycles. The molecule has 3 aromatic rings. The van der Waals surface area contributed by atoms with Crippen molar-refractivity contribution in [1.29, 1.82) is 0 Å². The van der Waals surface area contributed by atoms with Crippen LogP contribution in [0, 0.1) is 6.92 Å². The maximum Gasteiger partial charge on any atom is 0.195 e. The van der Waals surface area contributed by atoms with Gasteiger partial charge in [-0.05, 0) is 41.8 Å². The maximum atomic E-state index is 12.0. The Labute approximate surface area is 134 Å². The van der Waals surface area contributed by atoms with Crippen molar-refractivity contribution in [3.8, 4) is 11.1 Å². The third kappa shape index (κ3) is 3.41. The van der Waals surface area contributed by atoms with Gasteiger partial charge in [0.1, 0.15) is 0 Å². The third-order valence-corrected chi connectivity index (χ3v) is 4.44. The molecule has 0 radical (unpaired) electrons. The fourth-order valence-electron chi connectivity index (χ4n) is 2.24. The average molecular weight is 304 g/mol. The molecule has 0 bridgehead atoms. The lowest BCUT2D eigenvalue weighted by molar-refractivity contribution is 0.105. The van der Waals surface area contributed by atoms with E-state index in [1.165, 1.54) is 22.5 Å². The molecule has 0 aliphatic rings. The van der Waals surface area contributed by atoms with Crippen molar-refractivity contribution in [2.45, 2.75) is 6.92 Å². The molecular formula is C20H16OS. The van der Waals surface area contributed by atoms with Crippen LogP contribution < -0.4 is 0 Å². The summed E-state index contributed by atoms with van der Waals surface area (Å²) in [6.45, 7) is 2.01. The number of benzene rings is 2. The van der Waals surface area contributed by atoms with Gasteiger partial charge in [0.05, 0.1) is 4.88 Å². The molecule has 0 aliphatic heterocycles. The van der Waals surface area contributed by atoms with Gasteiger partial charge in [0.15, 0.2) is 5.78 Å². The Balaban J connectivity index is 1.73. The first-order chi connectivity index (χ1) is 10.7. The largest absolute Gasteiger partial charge is 0.288 e. The van der Waals surface area contributed by atoms with Crippen molar-refractivity contribution >= 4 is 23.2 Å². The van der Waals surface area contributed by atoms with Crippen LogP contribution in [0.3, 0.4) is 0 Å². The first-order valence-corrected chi connectivity index (χ1v) is 7.98. The molecule has 22 heavy (non-hydrogen) atoms. The van der Waals surface area contributed by atoms with Crippen LogP contribution in [0.2, 0.25) is 0 Å². The minimum absolute atomic E-state index is 0.0604. The lowest BCUT2D eigenvalue weighted by Gasteiger charge is -2.01. The third-order valence-electron chi connectivity index (χ3n) is 3.43. The van der Waals surface area contributed by atoms with Crippen LogP contribution in [-0.4, -0.2) is 5.78 Å². The summed E-state index contributed by atoms with van der Waals surface area (Å²) in [4.78, 5) is 14.0. The van der Waals surface area contributed by atoms with Crippen LogP contribution in [-0.2, 0) is 0 Å². The number of thiophene rings is 1. The summed E-state index contributed by atoms with van der Waals surface area (Å²) >= 11 is 1.53. The Morgan fingerprint density at radius 2 is 1.55 bits per heavy atom. The number of allylic oxidation sites excluding steroid dienone is 1. The summed E-state index contributed by atoms with van der Waals surface area (Å²) in [7, 11) is 0. The Bertz CT molecular complexity index is 795. The molecule has 2 aromatic carbocycles. The second-order valence-electron chi connectivity index (χ2n) is 5.10. The molecule has 0 fully saturated rings. The highest BCUT2D eigenvalue weighted by molar-refractivity contribution is 7.14. The van der Waals surface area contributed by atoms with Crippen molar-refractivity contribution in [1.82, 2.24) is 0 Å². The van der Waals surface area contributed by atoms with Gasteiger partial charge in [-0.1, -0.05) is 60.7 Å². The molecule has 0 spiro atoms. The molecule has 0 unspecified atom stereocenters. The lowest BCUT2D eigenvalue weighted by Crippen LogP contribution is -1.88. The number of rotatable bonds is 4. The molecule has 1 nitrogen and oxygen atoms in total. The zero-order valence-electron chi connectivity index (χ0n) is 12.3. The van der Waals surface area contributed by atoms with Gasteiger partial charge in [-0.2, -0.15) is 0 Å². The second-order valence-corrected chi connectivity index (χ2v) is 6.38. The first-order valence-electron chi connectivity index (χ1n) is 7.17. The zero-order chi connectivity index (χ0) is 15.4. The highest BCUT2D eigenvalue weighted by atomic mass is 32.1. The molecule has 0 aliphatic carbocycles. The first kappa shape index (κ1) is 14.5. The molecule has 0 N–H and O–H groups in total. The monoisotopic (exact) mass is 304 g/mol. The number of hydrogen-bond acceptors (Lipinski definition) is 2. The zero-order valence-corrected chi connectivity index (χ0v) is 13.1. The predicted octanol–water partition coefficient (Wildman–Crippen LogP) is 5.62. The number of carbonyl (C=O) groups is 1. The van der Waals surface area contributed by atoms with Crippen molar-refractivity contribution in [3.63, 3.8) is 0 Å². The van der Waals surface area contributed by atoms with Crippen LogP contribution in [0.15, 0.2) is 72.8 Å². The van der Waals surface area contributed by atoms with E-state index in [0.717, 1.165) is 15.3 Å². The minimum atomic E-state index is 0.0604. The fraction of sp³-hybridized carbons (Fsp3) is 0.0500. The van der Waals surface area contributed by atoms with Gasteiger partial charge in [0.25, 0.3) is 0 Å². The average Bonchev–Trinajstić information content (AvgIpc) is 3.00. The van der Waals surface area contributed by atoms with E-state index in [-0.39, 0.29) is 5.78 Å². The minimum Gasteiger partial charge on any atom is -0.288 e. The predicted molar refractivity (Wildman–Crippen MR) is 94.3 cm³/mol. The normalized spacial score (nSPS) is 11.0. The standard InChI is InChI=1S/C20H16OS/c1-15-7-14-20(22-15)19(21)13-10-16-8-11-18(12-9-16)17-5-3-2-4-6-17/h2-14H,1H3. The van der Waals surface area contributed by atoms with Gasteiger partial charge in [-0.25, -0.2) is 0 Å². The van der Waals surface area contributed by atoms with E-state index in [4.69, 9.17) is 0 Å². The summed E-state index contributed by atoms with van der Waals surface area (Å²) in [5.41, 5.74) is 3.41. The van der Waals surface area contributed by atoms with Crippen LogP contribution in [0.25, 0.3) is 17.2 Å². The number of ketones is 1. The van der Waals surface area contributed by atoms with Crippen molar-refractivity contribution in [3.05, 3.63) is 88.1 Å². The highest BCUT2D eigenvalue weighted by Crippen LogP contribution is 2.20. The molecule has 3 rings (SSSR count). The summed E-state index contributed by atoms with van der Waals surface area (Å²) in [5, 5.41) is 0. The topological polar surface area (TPSA) is 17.1 Å². The number of aryl methyl sites for hydroxylation is 1. The van der Waals surface area contributed by atoms with Crippen molar-refractivity contribution in [2.75, 3.05) is 0 Å². The van der Waals surface area contributed by atoms with E-state index in [0.29, 0.717) is 0 Å². The summed E-state index contributed by atoms with van der Waals surface area (Å²) in [5.74, 6) is 0.0604. The lowest BCUT2D eigenvalue weighted by atomic mass is 10.0. The van der Waals surface area contributed by atoms with Gasteiger partial charge >= 0.3 is 0 Å². The van der Waals surface area contributed by atoms with E-state index in [2.05, 4.69) is 24.3 Å². The van der Waals surface area contributed by atoms with E-state index < -0.39 is 0 Å². The SMILES string of the molecule is Cc1ccc(C(=O)C=Cc2ccc(-c3ccccc3)cc2)s1. The van der Waals surface area contributed by atoms with E-state index in [1.54, 1.807) is 6.08 Å². The molecule has 108 valence electrons. The fourth-order valence-corrected chi connectivity index (χ4v) is 3.03. The second kappa shape index (κ2) is 6.54. The van der Waals surface area contributed by atoms with Crippen LogP contribution >= 0.6 is 11.3 Å². The number of hydrogen-bond donors (Lipinski definition) is 0.